The molecular formula is C8H6O3. The lowest BCUT2D eigenvalue weighted by Gasteiger charge is -2.09. The summed E-state index contributed by atoms with van der Waals surface area (Å²) >= 11 is 0. The van der Waals surface area contributed by atoms with Crippen molar-refractivity contribution in [2.75, 3.05) is 0 Å². The SMILES string of the molecule is C=C1CC(=O)C(=C=O)C(=O)C1. The van der Waals surface area contributed by atoms with Crippen LogP contribution < -0.4 is 0 Å². The van der Waals surface area contributed by atoms with E-state index >= 15 is 0 Å². The molecule has 3 heteroatoms. The topological polar surface area (TPSA) is 51.2 Å². The third-order valence-corrected chi connectivity index (χ3v) is 1.48. The Kier molecular flexibility index (Phi) is 1.83. The van der Waals surface area contributed by atoms with Crippen molar-refractivity contribution in [3.63, 3.8) is 0 Å². The summed E-state index contributed by atoms with van der Waals surface area (Å²) in [6.45, 7) is 3.50. The predicted molar refractivity (Wildman–Crippen MR) is 37.6 cm³/mol. The average molecular weight is 150 g/mol. The van der Waals surface area contributed by atoms with Gasteiger partial charge in [0.25, 0.3) is 0 Å². The van der Waals surface area contributed by atoms with E-state index < -0.39 is 11.6 Å². The first-order valence-electron chi connectivity index (χ1n) is 3.13. The van der Waals surface area contributed by atoms with Crippen molar-refractivity contribution in [2.45, 2.75) is 12.8 Å². The fraction of sp³-hybridized carbons (Fsp3) is 0.250. The molecule has 0 amide bonds. The van der Waals surface area contributed by atoms with E-state index in [0.717, 1.165) is 0 Å². The maximum absolute atomic E-state index is 10.9. The summed E-state index contributed by atoms with van der Waals surface area (Å²) < 4.78 is 0. The van der Waals surface area contributed by atoms with Crippen LogP contribution >= 0.6 is 0 Å². The van der Waals surface area contributed by atoms with Crippen LogP contribution in [-0.2, 0) is 14.4 Å². The minimum Gasteiger partial charge on any atom is -0.293 e. The zero-order valence-electron chi connectivity index (χ0n) is 5.85. The summed E-state index contributed by atoms with van der Waals surface area (Å²) in [6.07, 6.45) is 0.215. The van der Waals surface area contributed by atoms with E-state index in [1.807, 2.05) is 0 Å². The molecule has 0 aliphatic heterocycles. The molecule has 0 spiro atoms. The highest BCUT2D eigenvalue weighted by molar-refractivity contribution is 6.28. The molecule has 0 radical (unpaired) electrons. The Morgan fingerprint density at radius 1 is 1.18 bits per heavy atom. The Morgan fingerprint density at radius 2 is 1.64 bits per heavy atom. The second-order valence-corrected chi connectivity index (χ2v) is 2.43. The Hall–Kier alpha value is -1.47. The Labute approximate surface area is 63.4 Å². The number of allylic oxidation sites excluding steroid dienone is 2. The lowest BCUT2D eigenvalue weighted by Crippen LogP contribution is -2.20. The molecule has 1 fully saturated rings. The Balaban J connectivity index is 3.02. The number of ketones is 2. The van der Waals surface area contributed by atoms with Gasteiger partial charge in [-0.3, -0.25) is 9.59 Å². The molecule has 0 aromatic rings. The van der Waals surface area contributed by atoms with Gasteiger partial charge in [0.15, 0.2) is 11.6 Å². The summed E-state index contributed by atoms with van der Waals surface area (Å²) in [5.74, 6) is 0.436. The van der Waals surface area contributed by atoms with Crippen LogP contribution in [-0.4, -0.2) is 17.5 Å². The summed E-state index contributed by atoms with van der Waals surface area (Å²) in [5.41, 5.74) is 0.233. The third-order valence-electron chi connectivity index (χ3n) is 1.48. The summed E-state index contributed by atoms with van der Waals surface area (Å²) in [5, 5.41) is 0. The number of Topliss-reactive ketones (excluding diaryl/α,β-unsaturated/α-hetero) is 2. The summed E-state index contributed by atoms with van der Waals surface area (Å²) in [4.78, 5) is 31.8. The third kappa shape index (κ3) is 1.33. The molecule has 0 saturated heterocycles. The normalized spacial score (nSPS) is 18.5. The van der Waals surface area contributed by atoms with Crippen LogP contribution in [0.3, 0.4) is 0 Å². The van der Waals surface area contributed by atoms with Crippen LogP contribution in [0, 0.1) is 0 Å². The van der Waals surface area contributed by atoms with Crippen LogP contribution in [0.15, 0.2) is 17.7 Å². The monoisotopic (exact) mass is 150 g/mol. The lowest BCUT2D eigenvalue weighted by atomic mass is 9.90. The van der Waals surface area contributed by atoms with E-state index in [2.05, 4.69) is 6.58 Å². The van der Waals surface area contributed by atoms with Gasteiger partial charge < -0.3 is 0 Å². The van der Waals surface area contributed by atoms with Crippen LogP contribution in [0.4, 0.5) is 0 Å². The fourth-order valence-electron chi connectivity index (χ4n) is 0.963. The Morgan fingerprint density at radius 3 is 2.00 bits per heavy atom. The van der Waals surface area contributed by atoms with E-state index in [1.165, 1.54) is 5.94 Å². The second-order valence-electron chi connectivity index (χ2n) is 2.43. The van der Waals surface area contributed by atoms with Crippen molar-refractivity contribution in [2.24, 2.45) is 0 Å². The molecule has 0 aromatic heterocycles. The van der Waals surface area contributed by atoms with Crippen molar-refractivity contribution in [3.05, 3.63) is 17.7 Å². The molecule has 56 valence electrons. The van der Waals surface area contributed by atoms with Gasteiger partial charge in [0, 0.05) is 12.8 Å². The molecular weight excluding hydrogens is 144 g/mol. The minimum atomic E-state index is -0.457. The highest BCUT2D eigenvalue weighted by Crippen LogP contribution is 2.18. The van der Waals surface area contributed by atoms with Crippen LogP contribution in [0.2, 0.25) is 0 Å². The lowest BCUT2D eigenvalue weighted by molar-refractivity contribution is -0.122. The molecule has 0 aromatic carbocycles. The van der Waals surface area contributed by atoms with Crippen molar-refractivity contribution >= 4 is 17.5 Å². The number of rotatable bonds is 0. The summed E-state index contributed by atoms with van der Waals surface area (Å²) in [7, 11) is 0. The fourth-order valence-corrected chi connectivity index (χ4v) is 0.963. The highest BCUT2D eigenvalue weighted by atomic mass is 16.2. The van der Waals surface area contributed by atoms with Crippen molar-refractivity contribution < 1.29 is 14.4 Å². The number of carbonyl (C=O) groups is 2. The van der Waals surface area contributed by atoms with Gasteiger partial charge in [-0.05, 0) is 0 Å². The van der Waals surface area contributed by atoms with Gasteiger partial charge in [-0.1, -0.05) is 12.2 Å². The molecule has 1 rings (SSSR count). The molecule has 1 aliphatic carbocycles. The molecule has 0 atom stereocenters. The van der Waals surface area contributed by atoms with Gasteiger partial charge in [-0.2, -0.15) is 0 Å². The van der Waals surface area contributed by atoms with Gasteiger partial charge in [-0.15, -0.1) is 0 Å². The maximum Gasteiger partial charge on any atom is 0.181 e. The van der Waals surface area contributed by atoms with Crippen LogP contribution in [0.1, 0.15) is 12.8 Å². The second kappa shape index (κ2) is 2.64. The van der Waals surface area contributed by atoms with Gasteiger partial charge >= 0.3 is 0 Å². The molecule has 0 heterocycles. The number of carbonyl (C=O) groups excluding carboxylic acids is 3. The smallest absolute Gasteiger partial charge is 0.181 e. The largest absolute Gasteiger partial charge is 0.293 e. The first-order valence-corrected chi connectivity index (χ1v) is 3.13. The minimum absolute atomic E-state index is 0.107. The van der Waals surface area contributed by atoms with Crippen LogP contribution in [0.25, 0.3) is 0 Å². The molecule has 0 bridgehead atoms. The van der Waals surface area contributed by atoms with Gasteiger partial charge in [-0.25, -0.2) is 4.79 Å². The number of hydrogen-bond acceptors (Lipinski definition) is 3. The predicted octanol–water partition coefficient (Wildman–Crippen LogP) is 0.233. The first kappa shape index (κ1) is 7.63. The molecule has 1 aliphatic rings. The number of hydrogen-bond donors (Lipinski definition) is 0. The van der Waals surface area contributed by atoms with Crippen molar-refractivity contribution in [3.8, 4) is 0 Å². The first-order chi connectivity index (χ1) is 5.15. The van der Waals surface area contributed by atoms with Crippen molar-refractivity contribution in [1.82, 2.24) is 0 Å². The molecule has 3 nitrogen and oxygen atoms in total. The quantitative estimate of drug-likeness (QED) is 0.215. The van der Waals surface area contributed by atoms with E-state index in [-0.39, 0.29) is 18.4 Å². The van der Waals surface area contributed by atoms with Gasteiger partial charge in [0.2, 0.25) is 0 Å². The molecule has 11 heavy (non-hydrogen) atoms. The highest BCUT2D eigenvalue weighted by Gasteiger charge is 2.26. The Bertz CT molecular complexity index is 270. The van der Waals surface area contributed by atoms with E-state index in [0.29, 0.717) is 5.57 Å². The summed E-state index contributed by atoms with van der Waals surface area (Å²) in [6, 6.07) is 0. The molecule has 0 unspecified atom stereocenters. The maximum atomic E-state index is 10.9. The zero-order chi connectivity index (χ0) is 8.43. The molecule has 0 N–H and O–H groups in total. The van der Waals surface area contributed by atoms with Crippen molar-refractivity contribution in [1.29, 1.82) is 0 Å². The average Bonchev–Trinajstić information content (AvgIpc) is 1.85. The zero-order valence-corrected chi connectivity index (χ0v) is 5.85. The van der Waals surface area contributed by atoms with E-state index in [4.69, 9.17) is 0 Å². The van der Waals surface area contributed by atoms with E-state index in [1.54, 1.807) is 0 Å². The standard InChI is InChI=1S/C8H6O3/c1-5-2-7(10)6(4-9)8(11)3-5/h1-3H2. The molecule has 1 saturated carbocycles. The van der Waals surface area contributed by atoms with E-state index in [9.17, 15) is 14.4 Å². The van der Waals surface area contributed by atoms with Gasteiger partial charge in [0.1, 0.15) is 11.5 Å². The van der Waals surface area contributed by atoms with Crippen LogP contribution in [0.5, 0.6) is 0 Å². The van der Waals surface area contributed by atoms with Gasteiger partial charge in [0.05, 0.1) is 0 Å².